The fourth-order valence-electron chi connectivity index (χ4n) is 5.66. The number of rotatable bonds is 19. The van der Waals surface area contributed by atoms with Gasteiger partial charge in [0.15, 0.2) is 12.1 Å². The van der Waals surface area contributed by atoms with E-state index >= 15 is 0 Å². The molecule has 276 valence electrons. The van der Waals surface area contributed by atoms with Crippen LogP contribution in [0.4, 0.5) is 0 Å². The van der Waals surface area contributed by atoms with E-state index in [0.29, 0.717) is 37.2 Å². The van der Waals surface area contributed by atoms with Crippen LogP contribution in [0, 0.1) is 17.8 Å². The number of carbonyl (C=O) groups is 2. The Labute approximate surface area is 302 Å². The highest BCUT2D eigenvalue weighted by molar-refractivity contribution is 8.10. The predicted molar refractivity (Wildman–Crippen MR) is 206 cm³/mol. The number of ketones is 1. The summed E-state index contributed by atoms with van der Waals surface area (Å²) in [6.45, 7) is 28.0. The third-order valence-corrected chi connectivity index (χ3v) is 9.23. The van der Waals surface area contributed by atoms with Gasteiger partial charge < -0.3 is 23.8 Å². The molecule has 0 spiro atoms. The topological polar surface area (TPSA) is 74.3 Å². The summed E-state index contributed by atoms with van der Waals surface area (Å²) < 4.78 is 22.8. The first-order chi connectivity index (χ1) is 23.3. The lowest BCUT2D eigenvalue weighted by Crippen LogP contribution is -2.46. The minimum Gasteiger partial charge on any atom is -0.500 e. The molecule has 1 aliphatic heterocycles. The van der Waals surface area contributed by atoms with Crippen molar-refractivity contribution in [1.29, 1.82) is 0 Å². The minimum absolute atomic E-state index is 0.0124. The first-order valence-electron chi connectivity index (χ1n) is 18.0. The molecule has 1 aromatic rings. The van der Waals surface area contributed by atoms with E-state index in [2.05, 4.69) is 58.5 Å². The van der Waals surface area contributed by atoms with Crippen LogP contribution in [0.2, 0.25) is 0 Å². The number of benzene rings is 1. The van der Waals surface area contributed by atoms with Gasteiger partial charge in [-0.1, -0.05) is 96.6 Å². The van der Waals surface area contributed by atoms with E-state index in [1.165, 1.54) is 21.6 Å². The van der Waals surface area contributed by atoms with Crippen LogP contribution in [0.1, 0.15) is 112 Å². The molecular formula is C41H65NO6S. The molecule has 1 fully saturated rings. The van der Waals surface area contributed by atoms with E-state index < -0.39 is 12.2 Å². The second kappa shape index (κ2) is 23.6. The molecule has 1 saturated heterocycles. The molecule has 0 bridgehead atoms. The second-order valence-corrected chi connectivity index (χ2v) is 14.3. The Balaban J connectivity index is 0.000000624. The minimum atomic E-state index is -0.506. The molecule has 0 saturated carbocycles. The zero-order chi connectivity index (χ0) is 37.1. The number of amides is 1. The summed E-state index contributed by atoms with van der Waals surface area (Å²) >= 11 is 1.70. The van der Waals surface area contributed by atoms with Gasteiger partial charge in [0.1, 0.15) is 18.1 Å². The molecule has 0 aliphatic carbocycles. The molecule has 0 radical (unpaired) electrons. The molecule has 0 N–H and O–H groups in total. The van der Waals surface area contributed by atoms with Gasteiger partial charge in [-0.2, -0.15) is 0 Å². The first-order valence-corrected chi connectivity index (χ1v) is 18.9. The fourth-order valence-corrected chi connectivity index (χ4v) is 6.33. The smallest absolute Gasteiger partial charge is 0.234 e. The van der Waals surface area contributed by atoms with Crippen LogP contribution < -0.4 is 0 Å². The van der Waals surface area contributed by atoms with Gasteiger partial charge >= 0.3 is 0 Å². The SMILES string of the molecule is C=CSC(=C(C)C)c1ccc(C(C)C)cc1.CC/C=C(/C=C(\OC)C(C(=O)N1CCCC1C(=O)C(C)C)C(C)C)OCC(OCC)OCC. The van der Waals surface area contributed by atoms with Gasteiger partial charge in [-0.3, -0.25) is 9.59 Å². The summed E-state index contributed by atoms with van der Waals surface area (Å²) in [7, 11) is 1.57. The van der Waals surface area contributed by atoms with Crippen LogP contribution in [0.25, 0.3) is 4.91 Å². The van der Waals surface area contributed by atoms with Crippen molar-refractivity contribution in [2.75, 3.05) is 33.5 Å². The summed E-state index contributed by atoms with van der Waals surface area (Å²) in [6, 6.07) is 8.48. The molecule has 1 amide bonds. The summed E-state index contributed by atoms with van der Waals surface area (Å²) in [5.74, 6) is 1.17. The monoisotopic (exact) mass is 699 g/mol. The Kier molecular flexibility index (Phi) is 21.3. The molecule has 8 heteroatoms. The van der Waals surface area contributed by atoms with Gasteiger partial charge in [0.25, 0.3) is 0 Å². The van der Waals surface area contributed by atoms with Crippen LogP contribution >= 0.6 is 11.8 Å². The number of hydrogen-bond acceptors (Lipinski definition) is 7. The van der Waals surface area contributed by atoms with E-state index in [9.17, 15) is 9.59 Å². The Bertz CT molecular complexity index is 1240. The quantitative estimate of drug-likeness (QED) is 0.0808. The van der Waals surface area contributed by atoms with Gasteiger partial charge in [0.2, 0.25) is 5.91 Å². The van der Waals surface area contributed by atoms with Crippen LogP contribution in [0.3, 0.4) is 0 Å². The number of likely N-dealkylation sites (tertiary alicyclic amines) is 1. The summed E-state index contributed by atoms with van der Waals surface area (Å²) in [4.78, 5) is 29.4. The number of allylic oxidation sites excluding steroid dienone is 3. The normalized spacial score (nSPS) is 15.8. The fraction of sp³-hybridized carbons (Fsp3) is 0.610. The Morgan fingerprint density at radius 2 is 1.61 bits per heavy atom. The van der Waals surface area contributed by atoms with Gasteiger partial charge in [0, 0.05) is 36.7 Å². The number of Topliss-reactive ketones (excluding diaryl/α,β-unsaturated/α-hetero) is 1. The Morgan fingerprint density at radius 1 is 1.00 bits per heavy atom. The maximum atomic E-state index is 13.7. The molecule has 2 unspecified atom stereocenters. The highest BCUT2D eigenvalue weighted by Crippen LogP contribution is 2.32. The van der Waals surface area contributed by atoms with E-state index in [0.717, 1.165) is 19.3 Å². The number of thioether (sulfide) groups is 1. The molecule has 2 atom stereocenters. The summed E-state index contributed by atoms with van der Waals surface area (Å²) in [5, 5.41) is 1.89. The highest BCUT2D eigenvalue weighted by atomic mass is 32.2. The van der Waals surface area contributed by atoms with Gasteiger partial charge in [-0.15, -0.1) is 0 Å². The van der Waals surface area contributed by atoms with Crippen LogP contribution in [-0.2, 0) is 28.5 Å². The highest BCUT2D eigenvalue weighted by Gasteiger charge is 2.40. The maximum absolute atomic E-state index is 13.7. The largest absolute Gasteiger partial charge is 0.500 e. The second-order valence-electron chi connectivity index (χ2n) is 13.3. The lowest BCUT2D eigenvalue weighted by molar-refractivity contribution is -0.159. The lowest BCUT2D eigenvalue weighted by Gasteiger charge is -2.31. The molecule has 0 aromatic heterocycles. The van der Waals surface area contributed by atoms with Crippen molar-refractivity contribution in [1.82, 2.24) is 4.90 Å². The van der Waals surface area contributed by atoms with Crippen molar-refractivity contribution in [2.45, 2.75) is 114 Å². The van der Waals surface area contributed by atoms with Crippen molar-refractivity contribution >= 4 is 28.4 Å². The lowest BCUT2D eigenvalue weighted by atomic mass is 9.90. The third-order valence-electron chi connectivity index (χ3n) is 8.18. The van der Waals surface area contributed by atoms with Crippen LogP contribution in [-0.4, -0.2) is 62.4 Å². The summed E-state index contributed by atoms with van der Waals surface area (Å²) in [5.41, 5.74) is 4.01. The van der Waals surface area contributed by atoms with E-state index in [-0.39, 0.29) is 36.2 Å². The number of ether oxygens (including phenoxy) is 4. The van der Waals surface area contributed by atoms with Crippen molar-refractivity contribution in [3.05, 3.63) is 76.6 Å². The molecule has 1 aliphatic rings. The molecule has 1 heterocycles. The van der Waals surface area contributed by atoms with E-state index in [1.807, 2.05) is 60.0 Å². The number of hydrogen-bond donors (Lipinski definition) is 0. The first kappa shape index (κ1) is 44.2. The Morgan fingerprint density at radius 3 is 2.06 bits per heavy atom. The molecule has 2 rings (SSSR count). The van der Waals surface area contributed by atoms with Crippen molar-refractivity contribution < 1.29 is 28.5 Å². The molecule has 7 nitrogen and oxygen atoms in total. The zero-order valence-electron chi connectivity index (χ0n) is 32.5. The van der Waals surface area contributed by atoms with Gasteiger partial charge in [-0.05, 0) is 81.4 Å². The third kappa shape index (κ3) is 14.5. The number of nitrogens with zero attached hydrogens (tertiary/aromatic N) is 1. The van der Waals surface area contributed by atoms with Crippen molar-refractivity contribution in [3.8, 4) is 0 Å². The van der Waals surface area contributed by atoms with Crippen molar-refractivity contribution in [3.63, 3.8) is 0 Å². The molecule has 1 aromatic carbocycles. The maximum Gasteiger partial charge on any atom is 0.234 e. The van der Waals surface area contributed by atoms with Crippen molar-refractivity contribution in [2.24, 2.45) is 17.8 Å². The van der Waals surface area contributed by atoms with Crippen LogP contribution in [0.5, 0.6) is 0 Å². The van der Waals surface area contributed by atoms with E-state index in [4.69, 9.17) is 18.9 Å². The molecule has 49 heavy (non-hydrogen) atoms. The average Bonchev–Trinajstić information content (AvgIpc) is 3.55. The average molecular weight is 700 g/mol. The zero-order valence-corrected chi connectivity index (χ0v) is 33.3. The van der Waals surface area contributed by atoms with Gasteiger partial charge in [-0.25, -0.2) is 0 Å². The predicted octanol–water partition coefficient (Wildman–Crippen LogP) is 10.2. The van der Waals surface area contributed by atoms with E-state index in [1.54, 1.807) is 29.8 Å². The Hall–Kier alpha value is -2.81. The van der Waals surface area contributed by atoms with Crippen LogP contribution in [0.15, 0.2) is 65.5 Å². The number of methoxy groups -OCH3 is 1. The number of carbonyl (C=O) groups excluding carboxylic acids is 2. The summed E-state index contributed by atoms with van der Waals surface area (Å²) in [6.07, 6.45) is 5.59. The molecular weight excluding hydrogens is 635 g/mol. The standard InChI is InChI=1S/C26H45NO6.C15H20S/c1-9-13-20(33-17-23(31-10-2)32-11-3)16-22(30-8)24(18(4)5)26(29)27-15-12-14-21(27)25(28)19(6)7;1-6-16-15(12(4)5)14-9-7-13(8-10-14)11(2)3/h13,16,18-19,21,23-24H,9-12,14-15,17H2,1-8H3;6-11H,1H2,2-5H3/b20-13-,22-16-;. The van der Waals surface area contributed by atoms with Gasteiger partial charge in [0.05, 0.1) is 19.1 Å².